The predicted octanol–water partition coefficient (Wildman–Crippen LogP) is 2.35. The van der Waals surface area contributed by atoms with Crippen molar-refractivity contribution < 1.29 is 13.2 Å². The summed E-state index contributed by atoms with van der Waals surface area (Å²) in [6.45, 7) is 1.40. The van der Waals surface area contributed by atoms with Crippen LogP contribution in [-0.2, 0) is 29.4 Å². The normalized spacial score (nSPS) is 17.4. The van der Waals surface area contributed by atoms with Crippen molar-refractivity contribution in [1.82, 2.24) is 14.6 Å². The highest BCUT2D eigenvalue weighted by atomic mass is 32.2. The van der Waals surface area contributed by atoms with E-state index in [1.165, 1.54) is 27.3 Å². The Hall–Kier alpha value is -1.77. The summed E-state index contributed by atoms with van der Waals surface area (Å²) in [5.41, 5.74) is 3.35. The monoisotopic (exact) mass is 391 g/mol. The first kappa shape index (κ1) is 17.6. The fourth-order valence-electron chi connectivity index (χ4n) is 3.57. The fraction of sp³-hybridized carbons (Fsp3) is 0.444. The van der Waals surface area contributed by atoms with E-state index in [0.29, 0.717) is 19.6 Å². The van der Waals surface area contributed by atoms with Gasteiger partial charge in [-0.25, -0.2) is 8.42 Å². The van der Waals surface area contributed by atoms with E-state index >= 15 is 0 Å². The van der Waals surface area contributed by atoms with Crippen LogP contribution in [0.4, 0.5) is 0 Å². The fourth-order valence-corrected chi connectivity index (χ4v) is 6.40. The van der Waals surface area contributed by atoms with Crippen molar-refractivity contribution >= 4 is 27.3 Å². The second kappa shape index (κ2) is 7.09. The number of pyridine rings is 1. The minimum atomic E-state index is -3.59. The lowest BCUT2D eigenvalue weighted by Crippen LogP contribution is -2.30. The quantitative estimate of drug-likeness (QED) is 0.848. The van der Waals surface area contributed by atoms with E-state index in [0.717, 1.165) is 43.4 Å². The zero-order valence-corrected chi connectivity index (χ0v) is 16.0. The van der Waals surface area contributed by atoms with Gasteiger partial charge in [0.2, 0.25) is 10.0 Å². The summed E-state index contributed by atoms with van der Waals surface area (Å²) in [4.78, 5) is 17.4. The van der Waals surface area contributed by atoms with E-state index in [2.05, 4.69) is 16.4 Å². The minimum Gasteiger partial charge on any atom is -0.347 e. The van der Waals surface area contributed by atoms with Crippen LogP contribution in [0.25, 0.3) is 0 Å². The Morgan fingerprint density at radius 1 is 1.23 bits per heavy atom. The molecule has 138 valence electrons. The van der Waals surface area contributed by atoms with Gasteiger partial charge in [0, 0.05) is 31.5 Å². The topological polar surface area (TPSA) is 79.4 Å². The molecule has 0 saturated carbocycles. The Labute approximate surface area is 157 Å². The molecular weight excluding hydrogens is 370 g/mol. The molecular formula is C18H21N3O3S2. The summed E-state index contributed by atoms with van der Waals surface area (Å²) in [5, 5.41) is 4.51. The van der Waals surface area contributed by atoms with Crippen LogP contribution < -0.4 is 5.32 Å². The Balaban J connectivity index is 1.48. The number of nitrogens with zero attached hydrogens (tertiary/aromatic N) is 2. The third kappa shape index (κ3) is 3.28. The molecule has 3 heterocycles. The molecule has 26 heavy (non-hydrogen) atoms. The number of carbonyl (C=O) groups excluding carboxylic acids is 1. The number of sulfonamides is 1. The molecule has 1 aliphatic carbocycles. The van der Waals surface area contributed by atoms with Gasteiger partial charge < -0.3 is 5.32 Å². The molecule has 1 saturated heterocycles. The summed E-state index contributed by atoms with van der Waals surface area (Å²) in [7, 11) is -3.59. The molecule has 2 aromatic rings. The zero-order valence-electron chi connectivity index (χ0n) is 14.4. The molecule has 2 aliphatic rings. The van der Waals surface area contributed by atoms with Crippen molar-refractivity contribution in [3.8, 4) is 0 Å². The minimum absolute atomic E-state index is 0.119. The molecule has 0 bridgehead atoms. The lowest BCUT2D eigenvalue weighted by Gasteiger charge is -2.15. The summed E-state index contributed by atoms with van der Waals surface area (Å²) in [6, 6.07) is 3.62. The average molecular weight is 392 g/mol. The van der Waals surface area contributed by atoms with Gasteiger partial charge in [0.05, 0.1) is 0 Å². The highest BCUT2D eigenvalue weighted by molar-refractivity contribution is 7.89. The lowest BCUT2D eigenvalue weighted by molar-refractivity contribution is 0.0952. The Morgan fingerprint density at radius 2 is 2.04 bits per heavy atom. The van der Waals surface area contributed by atoms with Crippen molar-refractivity contribution in [2.24, 2.45) is 0 Å². The zero-order chi connectivity index (χ0) is 18.1. The van der Waals surface area contributed by atoms with E-state index in [1.807, 2.05) is 0 Å². The Bertz CT molecular complexity index is 931. The van der Waals surface area contributed by atoms with E-state index in [1.54, 1.807) is 11.6 Å². The number of rotatable bonds is 5. The molecule has 4 rings (SSSR count). The first-order valence-corrected chi connectivity index (χ1v) is 11.2. The van der Waals surface area contributed by atoms with Crippen LogP contribution in [0.15, 0.2) is 28.6 Å². The van der Waals surface area contributed by atoms with Gasteiger partial charge in [0.1, 0.15) is 9.77 Å². The van der Waals surface area contributed by atoms with Gasteiger partial charge in [-0.3, -0.25) is 9.78 Å². The molecule has 6 nitrogen and oxygen atoms in total. The summed E-state index contributed by atoms with van der Waals surface area (Å²) < 4.78 is 27.0. The van der Waals surface area contributed by atoms with Crippen LogP contribution in [0.2, 0.25) is 0 Å². The van der Waals surface area contributed by atoms with Gasteiger partial charge in [-0.1, -0.05) is 6.07 Å². The molecule has 1 amide bonds. The van der Waals surface area contributed by atoms with E-state index in [9.17, 15) is 13.2 Å². The number of fused-ring (bicyclic) bond motifs is 1. The lowest BCUT2D eigenvalue weighted by atomic mass is 10.1. The molecule has 0 atom stereocenters. The van der Waals surface area contributed by atoms with Crippen molar-refractivity contribution in [3.63, 3.8) is 0 Å². The molecule has 1 N–H and O–H groups in total. The smallest absolute Gasteiger partial charge is 0.263 e. The summed E-state index contributed by atoms with van der Waals surface area (Å²) in [6.07, 6.45) is 6.72. The number of hydrogen-bond acceptors (Lipinski definition) is 5. The van der Waals surface area contributed by atoms with Crippen LogP contribution in [0.3, 0.4) is 0 Å². The maximum Gasteiger partial charge on any atom is 0.263 e. The second-order valence-electron chi connectivity index (χ2n) is 6.71. The standard InChI is InChI=1S/C18H21N3O3S2/c22-18(20-12-13-10-14-4-3-5-15(14)19-11-13)17-16(6-9-25-17)26(23,24)21-7-1-2-8-21/h6,9-11H,1-5,7-8,12H2,(H,20,22). The highest BCUT2D eigenvalue weighted by Gasteiger charge is 2.31. The molecule has 1 fully saturated rings. The van der Waals surface area contributed by atoms with Gasteiger partial charge >= 0.3 is 0 Å². The number of carbonyl (C=O) groups is 1. The van der Waals surface area contributed by atoms with Gasteiger partial charge in [0.25, 0.3) is 5.91 Å². The second-order valence-corrected chi connectivity index (χ2v) is 9.53. The SMILES string of the molecule is O=C(NCc1cnc2c(c1)CCC2)c1sccc1S(=O)(=O)N1CCCC1. The maximum atomic E-state index is 12.8. The summed E-state index contributed by atoms with van der Waals surface area (Å²) >= 11 is 1.17. The van der Waals surface area contributed by atoms with E-state index < -0.39 is 10.0 Å². The average Bonchev–Trinajstić information content (AvgIpc) is 3.40. The van der Waals surface area contributed by atoms with Gasteiger partial charge in [-0.2, -0.15) is 4.31 Å². The van der Waals surface area contributed by atoms with Crippen LogP contribution in [0.5, 0.6) is 0 Å². The first-order valence-electron chi connectivity index (χ1n) is 8.88. The third-order valence-corrected chi connectivity index (χ3v) is 7.93. The van der Waals surface area contributed by atoms with Gasteiger partial charge in [-0.05, 0) is 54.7 Å². The highest BCUT2D eigenvalue weighted by Crippen LogP contribution is 2.27. The largest absolute Gasteiger partial charge is 0.347 e. The summed E-state index contributed by atoms with van der Waals surface area (Å²) in [5.74, 6) is -0.349. The Kier molecular flexibility index (Phi) is 4.81. The van der Waals surface area contributed by atoms with Gasteiger partial charge in [0.15, 0.2) is 0 Å². The number of nitrogens with one attached hydrogen (secondary N) is 1. The first-order chi connectivity index (χ1) is 12.6. The predicted molar refractivity (Wildman–Crippen MR) is 99.7 cm³/mol. The third-order valence-electron chi connectivity index (χ3n) is 4.95. The van der Waals surface area contributed by atoms with Crippen LogP contribution in [0, 0.1) is 0 Å². The van der Waals surface area contributed by atoms with Crippen LogP contribution in [0.1, 0.15) is 45.8 Å². The van der Waals surface area contributed by atoms with E-state index in [-0.39, 0.29) is 15.7 Å². The molecule has 8 heteroatoms. The Morgan fingerprint density at radius 3 is 2.85 bits per heavy atom. The number of aromatic nitrogens is 1. The number of aryl methyl sites for hydroxylation is 2. The van der Waals surface area contributed by atoms with Crippen molar-refractivity contribution in [1.29, 1.82) is 0 Å². The van der Waals surface area contributed by atoms with E-state index in [4.69, 9.17) is 0 Å². The van der Waals surface area contributed by atoms with Crippen molar-refractivity contribution in [3.05, 3.63) is 45.4 Å². The molecule has 1 aliphatic heterocycles. The maximum absolute atomic E-state index is 12.8. The molecule has 0 aromatic carbocycles. The van der Waals surface area contributed by atoms with Gasteiger partial charge in [-0.15, -0.1) is 11.3 Å². The molecule has 0 radical (unpaired) electrons. The van der Waals surface area contributed by atoms with Crippen LogP contribution >= 0.6 is 11.3 Å². The van der Waals surface area contributed by atoms with Crippen molar-refractivity contribution in [2.75, 3.05) is 13.1 Å². The number of hydrogen-bond donors (Lipinski definition) is 1. The molecule has 2 aromatic heterocycles. The van der Waals surface area contributed by atoms with Crippen molar-refractivity contribution in [2.45, 2.75) is 43.5 Å². The van der Waals surface area contributed by atoms with Crippen LogP contribution in [-0.4, -0.2) is 36.7 Å². The number of amides is 1. The molecule has 0 unspecified atom stereocenters. The molecule has 0 spiro atoms. The number of thiophene rings is 1.